The Bertz CT molecular complexity index is 1010. The molecule has 6 nitrogen and oxygen atoms in total. The molecule has 0 spiro atoms. The summed E-state index contributed by atoms with van der Waals surface area (Å²) in [5.41, 5.74) is 0.971. The van der Waals surface area contributed by atoms with Crippen molar-refractivity contribution >= 4 is 46.1 Å². The summed E-state index contributed by atoms with van der Waals surface area (Å²) in [4.78, 5) is 15.3. The van der Waals surface area contributed by atoms with Crippen molar-refractivity contribution in [3.63, 3.8) is 0 Å². The number of hydrazone groups is 1. The van der Waals surface area contributed by atoms with Gasteiger partial charge in [0, 0.05) is 17.2 Å². The van der Waals surface area contributed by atoms with Gasteiger partial charge in [0.2, 0.25) is 5.89 Å². The minimum atomic E-state index is -0.0457. The number of hydrogen-bond donors (Lipinski definition) is 0. The summed E-state index contributed by atoms with van der Waals surface area (Å²) in [6.07, 6.45) is 6.69. The lowest BCUT2D eigenvalue weighted by atomic mass is 9.89. The van der Waals surface area contributed by atoms with Crippen LogP contribution in [0.3, 0.4) is 0 Å². The van der Waals surface area contributed by atoms with Crippen molar-refractivity contribution in [2.24, 2.45) is 5.10 Å². The van der Waals surface area contributed by atoms with Crippen LogP contribution in [0.4, 0.5) is 0 Å². The van der Waals surface area contributed by atoms with Gasteiger partial charge in [0.05, 0.1) is 22.4 Å². The lowest BCUT2D eigenvalue weighted by Crippen LogP contribution is -2.28. The van der Waals surface area contributed by atoms with Gasteiger partial charge in [-0.05, 0) is 35.7 Å². The predicted octanol–water partition coefficient (Wildman–Crippen LogP) is 5.71. The van der Waals surface area contributed by atoms with E-state index in [1.165, 1.54) is 31.0 Å². The van der Waals surface area contributed by atoms with E-state index in [4.69, 9.17) is 9.52 Å². The highest BCUT2D eigenvalue weighted by Gasteiger charge is 2.34. The molecular formula is C21H22N4O2S3. The van der Waals surface area contributed by atoms with Crippen LogP contribution in [-0.4, -0.2) is 32.6 Å². The zero-order valence-electron chi connectivity index (χ0n) is 16.4. The first-order chi connectivity index (χ1) is 14.8. The molecule has 4 heterocycles. The number of thiophene rings is 2. The average molecular weight is 459 g/mol. The van der Waals surface area contributed by atoms with Crippen LogP contribution in [0.1, 0.15) is 66.1 Å². The number of carbonyl (C=O) groups excluding carboxylic acids is 1. The molecule has 1 atom stereocenters. The molecule has 1 aliphatic heterocycles. The molecule has 0 aromatic carbocycles. The topological polar surface area (TPSA) is 71.6 Å². The van der Waals surface area contributed by atoms with Gasteiger partial charge in [-0.1, -0.05) is 43.2 Å². The number of thioether (sulfide) groups is 1. The van der Waals surface area contributed by atoms with Gasteiger partial charge in [0.15, 0.2) is 0 Å². The molecule has 1 amide bonds. The molecule has 156 valence electrons. The number of nitrogens with zero attached hydrogens (tertiary/aromatic N) is 4. The van der Waals surface area contributed by atoms with Gasteiger partial charge in [-0.15, -0.1) is 32.9 Å². The minimum Gasteiger partial charge on any atom is -0.416 e. The van der Waals surface area contributed by atoms with Crippen LogP contribution in [-0.2, 0) is 4.79 Å². The van der Waals surface area contributed by atoms with Gasteiger partial charge in [0.25, 0.3) is 11.1 Å². The van der Waals surface area contributed by atoms with Gasteiger partial charge in [0.1, 0.15) is 0 Å². The first-order valence-electron chi connectivity index (χ1n) is 10.2. The largest absolute Gasteiger partial charge is 0.416 e. The molecular weight excluding hydrogens is 436 g/mol. The maximum Gasteiger partial charge on any atom is 0.277 e. The van der Waals surface area contributed by atoms with Gasteiger partial charge < -0.3 is 4.42 Å². The van der Waals surface area contributed by atoms with Crippen molar-refractivity contribution in [2.45, 2.75) is 55.7 Å². The van der Waals surface area contributed by atoms with E-state index in [0.717, 1.165) is 40.6 Å². The molecule has 0 N–H and O–H groups in total. The molecule has 2 aliphatic rings. The monoisotopic (exact) mass is 458 g/mol. The molecule has 1 aliphatic carbocycles. The zero-order chi connectivity index (χ0) is 20.3. The van der Waals surface area contributed by atoms with E-state index in [-0.39, 0.29) is 17.7 Å². The first-order valence-corrected chi connectivity index (χ1v) is 13.0. The molecule has 9 heteroatoms. The predicted molar refractivity (Wildman–Crippen MR) is 120 cm³/mol. The summed E-state index contributed by atoms with van der Waals surface area (Å²) >= 11 is 4.62. The molecule has 0 bridgehead atoms. The minimum absolute atomic E-state index is 0.0395. The highest BCUT2D eigenvalue weighted by Crippen LogP contribution is 2.37. The van der Waals surface area contributed by atoms with Crippen LogP contribution in [0.25, 0.3) is 0 Å². The fourth-order valence-electron chi connectivity index (χ4n) is 4.02. The summed E-state index contributed by atoms with van der Waals surface area (Å²) in [6.45, 7) is 0. The van der Waals surface area contributed by atoms with Crippen molar-refractivity contribution in [3.05, 3.63) is 50.7 Å². The van der Waals surface area contributed by atoms with E-state index in [1.54, 1.807) is 27.7 Å². The second kappa shape index (κ2) is 9.03. The number of rotatable bonds is 6. The van der Waals surface area contributed by atoms with E-state index in [0.29, 0.717) is 11.1 Å². The van der Waals surface area contributed by atoms with Crippen LogP contribution in [0.15, 0.2) is 49.8 Å². The third kappa shape index (κ3) is 4.24. The van der Waals surface area contributed by atoms with Crippen LogP contribution < -0.4 is 0 Å². The summed E-state index contributed by atoms with van der Waals surface area (Å²) in [7, 11) is 0. The quantitative estimate of drug-likeness (QED) is 0.442. The van der Waals surface area contributed by atoms with E-state index < -0.39 is 0 Å². The normalized spacial score (nSPS) is 19.9. The standard InChI is InChI=1S/C21H22N4O2S3/c26-19(13-30-21-23-22-20(27-21)14-6-2-1-3-7-14)25-16(18-9-5-11-29-18)12-15(24-25)17-8-4-10-28-17/h4-5,8-11,14,16H,1-3,6-7,12-13H2. The van der Waals surface area contributed by atoms with Gasteiger partial charge in [-0.3, -0.25) is 4.79 Å². The van der Waals surface area contributed by atoms with Crippen LogP contribution >= 0.6 is 34.4 Å². The van der Waals surface area contributed by atoms with Crippen molar-refractivity contribution in [1.29, 1.82) is 0 Å². The molecule has 30 heavy (non-hydrogen) atoms. The van der Waals surface area contributed by atoms with Crippen LogP contribution in [0, 0.1) is 0 Å². The number of hydrogen-bond acceptors (Lipinski definition) is 8. The Kier molecular flexibility index (Phi) is 6.01. The fourth-order valence-corrected chi connectivity index (χ4v) is 6.17. The Morgan fingerprint density at radius 2 is 1.97 bits per heavy atom. The van der Waals surface area contributed by atoms with Crippen LogP contribution in [0.5, 0.6) is 0 Å². The second-order valence-corrected chi connectivity index (χ2v) is 10.4. The highest BCUT2D eigenvalue weighted by atomic mass is 32.2. The third-order valence-electron chi connectivity index (χ3n) is 5.54. The van der Waals surface area contributed by atoms with Crippen LogP contribution in [0.2, 0.25) is 0 Å². The summed E-state index contributed by atoms with van der Waals surface area (Å²) < 4.78 is 5.85. The van der Waals surface area contributed by atoms with Gasteiger partial charge >= 0.3 is 0 Å². The lowest BCUT2D eigenvalue weighted by molar-refractivity contribution is -0.130. The van der Waals surface area contributed by atoms with Gasteiger partial charge in [-0.25, -0.2) is 5.01 Å². The molecule has 3 aromatic heterocycles. The second-order valence-electron chi connectivity index (χ2n) is 7.53. The summed E-state index contributed by atoms with van der Waals surface area (Å²) in [5.74, 6) is 1.29. The highest BCUT2D eigenvalue weighted by molar-refractivity contribution is 7.99. The average Bonchev–Trinajstić information content (AvgIpc) is 3.57. The van der Waals surface area contributed by atoms with E-state index in [9.17, 15) is 4.79 Å². The first kappa shape index (κ1) is 20.0. The molecule has 1 unspecified atom stereocenters. The Labute approximate surface area is 187 Å². The fraction of sp³-hybridized carbons (Fsp3) is 0.429. The number of aromatic nitrogens is 2. The molecule has 3 aromatic rings. The molecule has 0 radical (unpaired) electrons. The molecule has 0 saturated heterocycles. The Morgan fingerprint density at radius 3 is 2.73 bits per heavy atom. The van der Waals surface area contributed by atoms with E-state index >= 15 is 0 Å². The smallest absolute Gasteiger partial charge is 0.277 e. The van der Waals surface area contributed by atoms with Crippen molar-refractivity contribution in [3.8, 4) is 0 Å². The SMILES string of the molecule is O=C(CSc1nnc(C2CCCCC2)o1)N1N=C(c2cccs2)CC1c1cccs1. The van der Waals surface area contributed by atoms with Gasteiger partial charge in [-0.2, -0.15) is 5.10 Å². The molecule has 1 fully saturated rings. The third-order valence-corrected chi connectivity index (χ3v) is 8.23. The van der Waals surface area contributed by atoms with Crippen molar-refractivity contribution in [1.82, 2.24) is 15.2 Å². The van der Waals surface area contributed by atoms with E-state index in [2.05, 4.69) is 22.3 Å². The lowest BCUT2D eigenvalue weighted by Gasteiger charge is -2.20. The maximum atomic E-state index is 13.1. The van der Waals surface area contributed by atoms with Crippen molar-refractivity contribution in [2.75, 3.05) is 5.75 Å². The van der Waals surface area contributed by atoms with Crippen molar-refractivity contribution < 1.29 is 9.21 Å². The summed E-state index contributed by atoms with van der Waals surface area (Å²) in [6, 6.07) is 8.12. The maximum absolute atomic E-state index is 13.1. The number of amides is 1. The molecule has 1 saturated carbocycles. The Morgan fingerprint density at radius 1 is 1.13 bits per heavy atom. The Hall–Kier alpha value is -1.97. The van der Waals surface area contributed by atoms with E-state index in [1.807, 2.05) is 22.9 Å². The summed E-state index contributed by atoms with van der Waals surface area (Å²) in [5, 5.41) is 19.3. The zero-order valence-corrected chi connectivity index (χ0v) is 18.8. The Balaban J connectivity index is 1.27. The number of carbonyl (C=O) groups is 1. The molecule has 5 rings (SSSR count).